The van der Waals surface area contributed by atoms with Crippen molar-refractivity contribution >= 4 is 17.3 Å². The van der Waals surface area contributed by atoms with Gasteiger partial charge in [-0.25, -0.2) is 0 Å². The van der Waals surface area contributed by atoms with E-state index in [2.05, 4.69) is 37.1 Å². The molecule has 0 saturated carbocycles. The van der Waals surface area contributed by atoms with Gasteiger partial charge in [-0.15, -0.1) is 0 Å². The van der Waals surface area contributed by atoms with Crippen LogP contribution in [0.15, 0.2) is 11.6 Å². The second-order valence-electron chi connectivity index (χ2n) is 6.37. The molecule has 2 nitrogen and oxygen atoms in total. The number of nitrogens with zero attached hydrogens (tertiary/aromatic N) is 1. The van der Waals surface area contributed by atoms with Gasteiger partial charge in [-0.3, -0.25) is 0 Å². The normalized spacial score (nSPS) is 24.9. The van der Waals surface area contributed by atoms with Gasteiger partial charge in [-0.2, -0.15) is 0 Å². The number of likely N-dealkylation sites (tertiary alicyclic amines) is 1. The zero-order valence-electron chi connectivity index (χ0n) is 12.0. The molecule has 1 aliphatic carbocycles. The molecule has 1 saturated heterocycles. The fourth-order valence-corrected chi connectivity index (χ4v) is 3.44. The summed E-state index contributed by atoms with van der Waals surface area (Å²) in [4.78, 5) is 2.32. The van der Waals surface area contributed by atoms with E-state index in [0.717, 1.165) is 18.2 Å². The molecule has 0 bridgehead atoms. The number of nitrogens with one attached hydrogen (secondary N) is 1. The molecule has 102 valence electrons. The lowest BCUT2D eigenvalue weighted by atomic mass is 9.77. The van der Waals surface area contributed by atoms with Crippen molar-refractivity contribution in [3.8, 4) is 0 Å². The molecule has 1 heterocycles. The van der Waals surface area contributed by atoms with Crippen LogP contribution >= 0.6 is 12.2 Å². The van der Waals surface area contributed by atoms with Crippen LogP contribution in [-0.2, 0) is 0 Å². The van der Waals surface area contributed by atoms with E-state index in [1.807, 2.05) is 0 Å². The molecule has 0 radical (unpaired) electrons. The van der Waals surface area contributed by atoms with Gasteiger partial charge in [0.25, 0.3) is 0 Å². The van der Waals surface area contributed by atoms with Gasteiger partial charge >= 0.3 is 0 Å². The summed E-state index contributed by atoms with van der Waals surface area (Å²) in [7, 11) is 0. The lowest BCUT2D eigenvalue weighted by Gasteiger charge is -2.39. The molecule has 0 spiro atoms. The van der Waals surface area contributed by atoms with E-state index < -0.39 is 0 Å². The Balaban J connectivity index is 1.92. The fraction of sp³-hybridized carbons (Fsp3) is 0.800. The molecule has 2 aliphatic rings. The third-order valence-corrected chi connectivity index (χ3v) is 4.84. The van der Waals surface area contributed by atoms with Gasteiger partial charge in [0.05, 0.1) is 0 Å². The van der Waals surface area contributed by atoms with Crippen molar-refractivity contribution in [1.82, 2.24) is 10.2 Å². The Bertz CT molecular complexity index is 340. The summed E-state index contributed by atoms with van der Waals surface area (Å²) in [6.45, 7) is 9.10. The van der Waals surface area contributed by atoms with Crippen LogP contribution in [0.4, 0.5) is 0 Å². The number of allylic oxidation sites excluding steroid dienone is 2. The van der Waals surface area contributed by atoms with Crippen LogP contribution in [0.1, 0.15) is 52.9 Å². The zero-order valence-corrected chi connectivity index (χ0v) is 12.8. The summed E-state index contributed by atoms with van der Waals surface area (Å²) in [5, 5.41) is 4.57. The molecule has 1 N–H and O–H groups in total. The highest BCUT2D eigenvalue weighted by Gasteiger charge is 2.31. The standard InChI is InChI=1S/C15H26N2S/c1-12-6-8-13(9-7-12)15(2,3)16-14(18)17-10-4-5-11-17/h6,13H,4-5,7-11H2,1-3H3,(H,16,18)/t13-/m0/s1. The molecule has 0 aromatic rings. The molecular weight excluding hydrogens is 240 g/mol. The first kappa shape index (κ1) is 13.9. The van der Waals surface area contributed by atoms with E-state index >= 15 is 0 Å². The van der Waals surface area contributed by atoms with E-state index in [1.54, 1.807) is 5.57 Å². The molecule has 0 amide bonds. The largest absolute Gasteiger partial charge is 0.357 e. The predicted molar refractivity (Wildman–Crippen MR) is 81.7 cm³/mol. The SMILES string of the molecule is CC1=CC[C@H](C(C)(C)NC(=S)N2CCCC2)CC1. The highest BCUT2D eigenvalue weighted by Crippen LogP contribution is 2.31. The molecule has 1 fully saturated rings. The van der Waals surface area contributed by atoms with Crippen molar-refractivity contribution in [3.63, 3.8) is 0 Å². The van der Waals surface area contributed by atoms with E-state index in [-0.39, 0.29) is 5.54 Å². The third kappa shape index (κ3) is 3.25. The van der Waals surface area contributed by atoms with Gasteiger partial charge in [0.15, 0.2) is 5.11 Å². The second kappa shape index (κ2) is 5.60. The molecule has 1 atom stereocenters. The summed E-state index contributed by atoms with van der Waals surface area (Å²) in [5.74, 6) is 0.696. The Morgan fingerprint density at radius 1 is 1.39 bits per heavy atom. The van der Waals surface area contributed by atoms with Crippen LogP contribution in [0, 0.1) is 5.92 Å². The average Bonchev–Trinajstić information content (AvgIpc) is 2.82. The van der Waals surface area contributed by atoms with Crippen LogP contribution in [0.3, 0.4) is 0 Å². The summed E-state index contributed by atoms with van der Waals surface area (Å²) in [5.41, 5.74) is 1.65. The first-order valence-corrected chi connectivity index (χ1v) is 7.62. The van der Waals surface area contributed by atoms with E-state index in [9.17, 15) is 0 Å². The molecule has 0 aromatic heterocycles. The van der Waals surface area contributed by atoms with Crippen molar-refractivity contribution in [2.75, 3.05) is 13.1 Å². The first-order valence-electron chi connectivity index (χ1n) is 7.22. The minimum atomic E-state index is 0.108. The predicted octanol–water partition coefficient (Wildman–Crippen LogP) is 3.48. The zero-order chi connectivity index (χ0) is 13.2. The van der Waals surface area contributed by atoms with Gasteiger partial charge < -0.3 is 10.2 Å². The lowest BCUT2D eigenvalue weighted by Crippen LogP contribution is -2.53. The molecule has 0 aromatic carbocycles. The van der Waals surface area contributed by atoms with Crippen LogP contribution in [0.5, 0.6) is 0 Å². The Kier molecular flexibility index (Phi) is 4.31. The lowest BCUT2D eigenvalue weighted by molar-refractivity contribution is 0.259. The number of thiocarbonyl (C=S) groups is 1. The Labute approximate surface area is 117 Å². The fourth-order valence-electron chi connectivity index (χ4n) is 3.00. The van der Waals surface area contributed by atoms with Crippen molar-refractivity contribution in [2.24, 2.45) is 5.92 Å². The highest BCUT2D eigenvalue weighted by atomic mass is 32.1. The van der Waals surface area contributed by atoms with E-state index in [0.29, 0.717) is 5.92 Å². The summed E-state index contributed by atoms with van der Waals surface area (Å²) in [6.07, 6.45) is 8.68. The number of hydrogen-bond donors (Lipinski definition) is 1. The molecule has 3 heteroatoms. The quantitative estimate of drug-likeness (QED) is 0.608. The Hall–Kier alpha value is -0.570. The van der Waals surface area contributed by atoms with Crippen LogP contribution < -0.4 is 5.32 Å². The smallest absolute Gasteiger partial charge is 0.169 e. The Morgan fingerprint density at radius 2 is 2.06 bits per heavy atom. The van der Waals surface area contributed by atoms with Crippen LogP contribution in [0.25, 0.3) is 0 Å². The monoisotopic (exact) mass is 266 g/mol. The summed E-state index contributed by atoms with van der Waals surface area (Å²) >= 11 is 5.55. The summed E-state index contributed by atoms with van der Waals surface area (Å²) < 4.78 is 0. The second-order valence-corrected chi connectivity index (χ2v) is 6.75. The molecule has 18 heavy (non-hydrogen) atoms. The maximum atomic E-state index is 5.55. The van der Waals surface area contributed by atoms with Crippen molar-refractivity contribution < 1.29 is 0 Å². The molecule has 2 rings (SSSR count). The summed E-state index contributed by atoms with van der Waals surface area (Å²) in [6, 6.07) is 0. The van der Waals surface area contributed by atoms with E-state index in [4.69, 9.17) is 12.2 Å². The van der Waals surface area contributed by atoms with Crippen LogP contribution in [-0.4, -0.2) is 28.6 Å². The first-order chi connectivity index (χ1) is 8.49. The number of rotatable bonds is 2. The highest BCUT2D eigenvalue weighted by molar-refractivity contribution is 7.80. The van der Waals surface area contributed by atoms with Crippen molar-refractivity contribution in [1.29, 1.82) is 0 Å². The molecular formula is C15H26N2S. The molecule has 0 unspecified atom stereocenters. The minimum Gasteiger partial charge on any atom is -0.357 e. The third-order valence-electron chi connectivity index (χ3n) is 4.48. The van der Waals surface area contributed by atoms with E-state index in [1.165, 1.54) is 32.1 Å². The van der Waals surface area contributed by atoms with Crippen molar-refractivity contribution in [2.45, 2.75) is 58.4 Å². The topological polar surface area (TPSA) is 15.3 Å². The van der Waals surface area contributed by atoms with Gasteiger partial charge in [0, 0.05) is 18.6 Å². The average molecular weight is 266 g/mol. The van der Waals surface area contributed by atoms with Gasteiger partial charge in [0.1, 0.15) is 0 Å². The van der Waals surface area contributed by atoms with Gasteiger partial charge in [-0.1, -0.05) is 11.6 Å². The van der Waals surface area contributed by atoms with Crippen molar-refractivity contribution in [3.05, 3.63) is 11.6 Å². The number of hydrogen-bond acceptors (Lipinski definition) is 1. The Morgan fingerprint density at radius 3 is 2.61 bits per heavy atom. The minimum absolute atomic E-state index is 0.108. The maximum absolute atomic E-state index is 5.55. The van der Waals surface area contributed by atoms with Crippen LogP contribution in [0.2, 0.25) is 0 Å². The van der Waals surface area contributed by atoms with Gasteiger partial charge in [0.2, 0.25) is 0 Å². The molecule has 1 aliphatic heterocycles. The maximum Gasteiger partial charge on any atom is 0.169 e. The van der Waals surface area contributed by atoms with Gasteiger partial charge in [-0.05, 0) is 71.0 Å².